The van der Waals surface area contributed by atoms with E-state index in [4.69, 9.17) is 11.6 Å². The van der Waals surface area contributed by atoms with E-state index in [9.17, 15) is 9.59 Å². The van der Waals surface area contributed by atoms with Crippen LogP contribution in [0, 0.1) is 0 Å². The Morgan fingerprint density at radius 2 is 1.77 bits per heavy atom. The molecule has 26 heavy (non-hydrogen) atoms. The first-order chi connectivity index (χ1) is 12.5. The lowest BCUT2D eigenvalue weighted by Gasteiger charge is -2.15. The average molecular weight is 373 g/mol. The third-order valence-electron chi connectivity index (χ3n) is 4.35. The number of rotatable bonds is 8. The number of nitrogens with one attached hydrogen (secondary N) is 2. The Labute approximate surface area is 159 Å². The summed E-state index contributed by atoms with van der Waals surface area (Å²) in [6, 6.07) is 14.6. The van der Waals surface area contributed by atoms with Crippen LogP contribution in [0.15, 0.2) is 48.5 Å². The fourth-order valence-corrected chi connectivity index (χ4v) is 2.75. The van der Waals surface area contributed by atoms with Gasteiger partial charge in [0.05, 0.1) is 0 Å². The van der Waals surface area contributed by atoms with Gasteiger partial charge in [0.1, 0.15) is 0 Å². The van der Waals surface area contributed by atoms with Crippen LogP contribution >= 0.6 is 11.6 Å². The molecule has 0 heterocycles. The zero-order chi connectivity index (χ0) is 18.9. The van der Waals surface area contributed by atoms with Crippen molar-refractivity contribution in [2.45, 2.75) is 39.0 Å². The second kappa shape index (κ2) is 9.97. The third kappa shape index (κ3) is 5.88. The minimum Gasteiger partial charge on any atom is -0.352 e. The molecule has 0 spiro atoms. The first kappa shape index (κ1) is 20.0. The molecule has 0 radical (unpaired) electrons. The molecule has 0 aliphatic rings. The standard InChI is InChI=1S/C21H25ClN2O2/c1-3-15(2)18-7-4-5-8-19(18)24-20(25)9-6-14-23-21(26)16-10-12-17(22)13-11-16/h4-5,7-8,10-13,15H,3,6,9,14H2,1-2H3,(H,23,26)(H,24,25). The van der Waals surface area contributed by atoms with Gasteiger partial charge >= 0.3 is 0 Å². The van der Waals surface area contributed by atoms with Crippen molar-refractivity contribution in [3.8, 4) is 0 Å². The number of amides is 2. The molecule has 2 amide bonds. The van der Waals surface area contributed by atoms with Crippen LogP contribution in [0.2, 0.25) is 5.02 Å². The van der Waals surface area contributed by atoms with Crippen LogP contribution in [0.3, 0.4) is 0 Å². The molecule has 0 aliphatic carbocycles. The minimum atomic E-state index is -0.163. The predicted octanol–water partition coefficient (Wildman–Crippen LogP) is 5.00. The van der Waals surface area contributed by atoms with Gasteiger partial charge in [-0.05, 0) is 54.7 Å². The van der Waals surface area contributed by atoms with Crippen molar-refractivity contribution < 1.29 is 9.59 Å². The van der Waals surface area contributed by atoms with Crippen LogP contribution < -0.4 is 10.6 Å². The maximum absolute atomic E-state index is 12.2. The summed E-state index contributed by atoms with van der Waals surface area (Å²) in [6.45, 7) is 4.73. The first-order valence-electron chi connectivity index (χ1n) is 8.93. The number of carbonyl (C=O) groups excluding carboxylic acids is 2. The molecule has 2 rings (SSSR count). The molecule has 1 atom stereocenters. The Hall–Kier alpha value is -2.33. The molecular formula is C21H25ClN2O2. The molecule has 0 fully saturated rings. The Bertz CT molecular complexity index is 744. The van der Waals surface area contributed by atoms with Crippen molar-refractivity contribution in [2.75, 3.05) is 11.9 Å². The number of hydrogen-bond donors (Lipinski definition) is 2. The molecule has 0 saturated carbocycles. The van der Waals surface area contributed by atoms with Crippen LogP contribution in [0.4, 0.5) is 5.69 Å². The zero-order valence-corrected chi connectivity index (χ0v) is 16.0. The van der Waals surface area contributed by atoms with Crippen molar-refractivity contribution in [2.24, 2.45) is 0 Å². The summed E-state index contributed by atoms with van der Waals surface area (Å²) in [4.78, 5) is 24.2. The van der Waals surface area contributed by atoms with E-state index in [1.165, 1.54) is 0 Å². The van der Waals surface area contributed by atoms with Crippen molar-refractivity contribution in [3.63, 3.8) is 0 Å². The van der Waals surface area contributed by atoms with E-state index in [0.29, 0.717) is 35.9 Å². The van der Waals surface area contributed by atoms with Gasteiger partial charge in [0.15, 0.2) is 0 Å². The highest BCUT2D eigenvalue weighted by Gasteiger charge is 2.11. The Balaban J connectivity index is 1.77. The fourth-order valence-electron chi connectivity index (χ4n) is 2.63. The molecule has 0 aliphatic heterocycles. The van der Waals surface area contributed by atoms with Gasteiger partial charge in [-0.25, -0.2) is 0 Å². The van der Waals surface area contributed by atoms with Crippen LogP contribution in [0.25, 0.3) is 0 Å². The summed E-state index contributed by atoms with van der Waals surface area (Å²) < 4.78 is 0. The minimum absolute atomic E-state index is 0.0403. The van der Waals surface area contributed by atoms with E-state index in [0.717, 1.165) is 17.7 Å². The summed E-state index contributed by atoms with van der Waals surface area (Å²) in [7, 11) is 0. The normalized spacial score (nSPS) is 11.7. The molecule has 0 bridgehead atoms. The predicted molar refractivity (Wildman–Crippen MR) is 107 cm³/mol. The number of para-hydroxylation sites is 1. The maximum atomic E-state index is 12.2. The van der Waals surface area contributed by atoms with Gasteiger partial charge in [-0.2, -0.15) is 0 Å². The van der Waals surface area contributed by atoms with E-state index in [1.807, 2.05) is 18.2 Å². The summed E-state index contributed by atoms with van der Waals surface area (Å²) in [5.74, 6) is 0.191. The van der Waals surface area contributed by atoms with Crippen LogP contribution in [-0.2, 0) is 4.79 Å². The lowest BCUT2D eigenvalue weighted by molar-refractivity contribution is -0.116. The van der Waals surface area contributed by atoms with Crippen molar-refractivity contribution in [1.29, 1.82) is 0 Å². The summed E-state index contributed by atoms with van der Waals surface area (Å²) in [5.41, 5.74) is 2.58. The molecule has 4 nitrogen and oxygen atoms in total. The van der Waals surface area contributed by atoms with Crippen molar-refractivity contribution in [3.05, 3.63) is 64.7 Å². The maximum Gasteiger partial charge on any atom is 0.251 e. The zero-order valence-electron chi connectivity index (χ0n) is 15.2. The van der Waals surface area contributed by atoms with Crippen molar-refractivity contribution >= 4 is 29.1 Å². The monoisotopic (exact) mass is 372 g/mol. The SMILES string of the molecule is CCC(C)c1ccccc1NC(=O)CCCNC(=O)c1ccc(Cl)cc1. The van der Waals surface area contributed by atoms with Gasteiger partial charge in [0.2, 0.25) is 5.91 Å². The first-order valence-corrected chi connectivity index (χ1v) is 9.31. The highest BCUT2D eigenvalue weighted by Crippen LogP contribution is 2.26. The molecule has 1 unspecified atom stereocenters. The average Bonchev–Trinajstić information content (AvgIpc) is 2.65. The van der Waals surface area contributed by atoms with Gasteiger partial charge in [0, 0.05) is 29.2 Å². The highest BCUT2D eigenvalue weighted by molar-refractivity contribution is 6.30. The van der Waals surface area contributed by atoms with Crippen LogP contribution in [0.5, 0.6) is 0 Å². The van der Waals surface area contributed by atoms with E-state index >= 15 is 0 Å². The number of hydrogen-bond acceptors (Lipinski definition) is 2. The lowest BCUT2D eigenvalue weighted by atomic mass is 9.97. The van der Waals surface area contributed by atoms with Gasteiger partial charge in [-0.3, -0.25) is 9.59 Å². The van der Waals surface area contributed by atoms with E-state index in [-0.39, 0.29) is 11.8 Å². The fraction of sp³-hybridized carbons (Fsp3) is 0.333. The Morgan fingerprint density at radius 1 is 1.08 bits per heavy atom. The van der Waals surface area contributed by atoms with Gasteiger partial charge in [-0.1, -0.05) is 43.6 Å². The molecule has 2 aromatic rings. The van der Waals surface area contributed by atoms with Gasteiger partial charge in [0.25, 0.3) is 5.91 Å². The molecule has 0 saturated heterocycles. The quantitative estimate of drug-likeness (QED) is 0.640. The molecule has 2 N–H and O–H groups in total. The highest BCUT2D eigenvalue weighted by atomic mass is 35.5. The van der Waals surface area contributed by atoms with Gasteiger partial charge in [-0.15, -0.1) is 0 Å². The largest absolute Gasteiger partial charge is 0.352 e. The Kier molecular flexibility index (Phi) is 7.67. The van der Waals surface area contributed by atoms with Gasteiger partial charge < -0.3 is 10.6 Å². The van der Waals surface area contributed by atoms with Crippen molar-refractivity contribution in [1.82, 2.24) is 5.32 Å². The molecule has 0 aromatic heterocycles. The second-order valence-corrected chi connectivity index (χ2v) is 6.75. The number of halogens is 1. The molecule has 2 aromatic carbocycles. The summed E-state index contributed by atoms with van der Waals surface area (Å²) >= 11 is 5.81. The molecule has 138 valence electrons. The third-order valence-corrected chi connectivity index (χ3v) is 4.60. The van der Waals surface area contributed by atoms with E-state index < -0.39 is 0 Å². The molecule has 5 heteroatoms. The van der Waals surface area contributed by atoms with Crippen LogP contribution in [0.1, 0.15) is 54.9 Å². The van der Waals surface area contributed by atoms with Crippen LogP contribution in [-0.4, -0.2) is 18.4 Å². The van der Waals surface area contributed by atoms with E-state index in [1.54, 1.807) is 24.3 Å². The number of carbonyl (C=O) groups is 2. The topological polar surface area (TPSA) is 58.2 Å². The summed E-state index contributed by atoms with van der Waals surface area (Å²) in [6.07, 6.45) is 1.95. The lowest BCUT2D eigenvalue weighted by Crippen LogP contribution is -2.25. The number of anilines is 1. The number of benzene rings is 2. The second-order valence-electron chi connectivity index (χ2n) is 6.31. The summed E-state index contributed by atoms with van der Waals surface area (Å²) in [5, 5.41) is 6.39. The Morgan fingerprint density at radius 3 is 2.46 bits per heavy atom. The smallest absolute Gasteiger partial charge is 0.251 e. The molecular weight excluding hydrogens is 348 g/mol. The van der Waals surface area contributed by atoms with E-state index in [2.05, 4.69) is 30.5 Å².